The van der Waals surface area contributed by atoms with Crippen LogP contribution in [0.5, 0.6) is 0 Å². The molecule has 1 atom stereocenters. The maximum Gasteiger partial charge on any atom is 0.227 e. The van der Waals surface area contributed by atoms with Gasteiger partial charge < -0.3 is 15.8 Å². The van der Waals surface area contributed by atoms with Crippen LogP contribution < -0.4 is 11.1 Å². The lowest BCUT2D eigenvalue weighted by atomic mass is 9.74. The van der Waals surface area contributed by atoms with Crippen LogP contribution in [0, 0.1) is 5.41 Å². The summed E-state index contributed by atoms with van der Waals surface area (Å²) < 4.78 is 5.95. The zero-order chi connectivity index (χ0) is 15.6. The lowest BCUT2D eigenvalue weighted by Gasteiger charge is -2.42. The van der Waals surface area contributed by atoms with Crippen molar-refractivity contribution < 1.29 is 9.53 Å². The number of nitrogens with one attached hydrogen (secondary N) is 1. The van der Waals surface area contributed by atoms with Gasteiger partial charge in [-0.2, -0.15) is 0 Å². The van der Waals surface area contributed by atoms with E-state index in [1.807, 2.05) is 27.7 Å². The lowest BCUT2D eigenvalue weighted by molar-refractivity contribution is -0.136. The Morgan fingerprint density at radius 2 is 1.85 bits per heavy atom. The number of hydrogen-bond donors (Lipinski definition) is 2. The summed E-state index contributed by atoms with van der Waals surface area (Å²) in [5.74, 6) is 0.0398. The Morgan fingerprint density at radius 1 is 1.30 bits per heavy atom. The summed E-state index contributed by atoms with van der Waals surface area (Å²) in [5, 5.41) is 3.19. The predicted molar refractivity (Wildman–Crippen MR) is 82.5 cm³/mol. The van der Waals surface area contributed by atoms with E-state index >= 15 is 0 Å². The molecule has 0 aromatic rings. The first kappa shape index (κ1) is 17.4. The first-order valence-electron chi connectivity index (χ1n) is 7.82. The minimum absolute atomic E-state index is 0.0398. The minimum atomic E-state index is -0.591. The van der Waals surface area contributed by atoms with E-state index in [9.17, 15) is 4.79 Å². The van der Waals surface area contributed by atoms with Crippen molar-refractivity contribution in [1.82, 2.24) is 5.32 Å². The molecule has 118 valence electrons. The third-order valence-electron chi connectivity index (χ3n) is 5.30. The summed E-state index contributed by atoms with van der Waals surface area (Å²) in [4.78, 5) is 12.5. The monoisotopic (exact) mass is 284 g/mol. The molecule has 1 saturated heterocycles. The maximum atomic E-state index is 12.5. The molecule has 0 aromatic heterocycles. The number of hydrogen-bond acceptors (Lipinski definition) is 3. The molecule has 1 fully saturated rings. The van der Waals surface area contributed by atoms with Gasteiger partial charge in [-0.3, -0.25) is 4.79 Å². The highest BCUT2D eigenvalue weighted by atomic mass is 16.5. The largest absolute Gasteiger partial charge is 0.375 e. The van der Waals surface area contributed by atoms with E-state index in [0.717, 1.165) is 32.3 Å². The number of rotatable bonds is 5. The van der Waals surface area contributed by atoms with Gasteiger partial charge in [-0.1, -0.05) is 13.8 Å². The molecule has 0 spiro atoms. The van der Waals surface area contributed by atoms with E-state index in [2.05, 4.69) is 19.2 Å². The lowest BCUT2D eigenvalue weighted by Crippen LogP contribution is -2.58. The molecule has 1 rings (SSSR count). The standard InChI is InChI=1S/C16H32N2O2/c1-7-16(8-2)11-12(9-10-20-16)18-13(19)14(3,4)15(5,6)17/h12H,7-11,17H2,1-6H3,(H,18,19). The van der Waals surface area contributed by atoms with Crippen molar-refractivity contribution in [3.8, 4) is 0 Å². The van der Waals surface area contributed by atoms with Crippen LogP contribution in [0.3, 0.4) is 0 Å². The number of carbonyl (C=O) groups excluding carboxylic acids is 1. The highest BCUT2D eigenvalue weighted by Crippen LogP contribution is 2.33. The molecule has 1 unspecified atom stereocenters. The Bertz CT molecular complexity index is 341. The number of carbonyl (C=O) groups is 1. The fourth-order valence-electron chi connectivity index (χ4n) is 2.55. The van der Waals surface area contributed by atoms with Crippen LogP contribution in [0.15, 0.2) is 0 Å². The van der Waals surface area contributed by atoms with Crippen molar-refractivity contribution >= 4 is 5.91 Å². The van der Waals surface area contributed by atoms with Gasteiger partial charge in [0.1, 0.15) is 0 Å². The van der Waals surface area contributed by atoms with E-state index < -0.39 is 11.0 Å². The number of amides is 1. The van der Waals surface area contributed by atoms with E-state index in [4.69, 9.17) is 10.5 Å². The van der Waals surface area contributed by atoms with Gasteiger partial charge in [0.2, 0.25) is 5.91 Å². The molecule has 0 bridgehead atoms. The summed E-state index contributed by atoms with van der Waals surface area (Å²) in [5.41, 5.74) is 4.93. The molecule has 0 aliphatic carbocycles. The third-order valence-corrected chi connectivity index (χ3v) is 5.30. The zero-order valence-electron chi connectivity index (χ0n) is 14.0. The molecule has 1 amide bonds. The average Bonchev–Trinajstić information content (AvgIpc) is 2.37. The van der Waals surface area contributed by atoms with Gasteiger partial charge in [0.05, 0.1) is 11.0 Å². The molecule has 4 nitrogen and oxygen atoms in total. The highest BCUT2D eigenvalue weighted by Gasteiger charge is 2.42. The first-order valence-corrected chi connectivity index (χ1v) is 7.82. The van der Waals surface area contributed by atoms with Crippen molar-refractivity contribution in [3.63, 3.8) is 0 Å². The second kappa shape index (κ2) is 6.02. The minimum Gasteiger partial charge on any atom is -0.375 e. The molecular weight excluding hydrogens is 252 g/mol. The quantitative estimate of drug-likeness (QED) is 0.815. The van der Waals surface area contributed by atoms with Gasteiger partial charge in [0.25, 0.3) is 0 Å². The molecule has 1 aliphatic heterocycles. The predicted octanol–water partition coefficient (Wildman–Crippen LogP) is 2.60. The summed E-state index contributed by atoms with van der Waals surface area (Å²) in [6.07, 6.45) is 3.75. The Morgan fingerprint density at radius 3 is 2.30 bits per heavy atom. The Hall–Kier alpha value is -0.610. The summed E-state index contributed by atoms with van der Waals surface area (Å²) in [6.45, 7) is 12.7. The van der Waals surface area contributed by atoms with Crippen molar-refractivity contribution in [1.29, 1.82) is 0 Å². The van der Waals surface area contributed by atoms with Crippen LogP contribution in [-0.2, 0) is 9.53 Å². The van der Waals surface area contributed by atoms with Gasteiger partial charge >= 0.3 is 0 Å². The van der Waals surface area contributed by atoms with Gasteiger partial charge in [-0.05, 0) is 53.4 Å². The fourth-order valence-corrected chi connectivity index (χ4v) is 2.55. The number of nitrogens with two attached hydrogens (primary N) is 1. The van der Waals surface area contributed by atoms with Crippen LogP contribution in [0.1, 0.15) is 67.2 Å². The van der Waals surface area contributed by atoms with Crippen molar-refractivity contribution in [3.05, 3.63) is 0 Å². The molecule has 20 heavy (non-hydrogen) atoms. The molecule has 1 heterocycles. The Balaban J connectivity index is 2.72. The van der Waals surface area contributed by atoms with Crippen LogP contribution >= 0.6 is 0 Å². The summed E-state index contributed by atoms with van der Waals surface area (Å²) >= 11 is 0. The van der Waals surface area contributed by atoms with E-state index in [-0.39, 0.29) is 17.6 Å². The van der Waals surface area contributed by atoms with Gasteiger partial charge in [0, 0.05) is 18.2 Å². The van der Waals surface area contributed by atoms with Crippen LogP contribution in [-0.4, -0.2) is 29.7 Å². The maximum absolute atomic E-state index is 12.5. The molecule has 1 aliphatic rings. The molecule has 0 saturated carbocycles. The summed E-state index contributed by atoms with van der Waals surface area (Å²) in [6, 6.07) is 0.192. The van der Waals surface area contributed by atoms with Gasteiger partial charge in [-0.25, -0.2) is 0 Å². The van der Waals surface area contributed by atoms with Gasteiger partial charge in [0.15, 0.2) is 0 Å². The first-order chi connectivity index (χ1) is 9.08. The highest BCUT2D eigenvalue weighted by molar-refractivity contribution is 5.83. The van der Waals surface area contributed by atoms with Crippen LogP contribution in [0.25, 0.3) is 0 Å². The Kier molecular flexibility index (Phi) is 5.25. The van der Waals surface area contributed by atoms with Crippen molar-refractivity contribution in [2.24, 2.45) is 11.1 Å². The van der Waals surface area contributed by atoms with Crippen LogP contribution in [0.4, 0.5) is 0 Å². The van der Waals surface area contributed by atoms with Crippen molar-refractivity contribution in [2.75, 3.05) is 6.61 Å². The Labute approximate surface area is 123 Å². The van der Waals surface area contributed by atoms with E-state index in [1.54, 1.807) is 0 Å². The van der Waals surface area contributed by atoms with E-state index in [1.165, 1.54) is 0 Å². The molecule has 3 N–H and O–H groups in total. The van der Waals surface area contributed by atoms with E-state index in [0.29, 0.717) is 0 Å². The SMILES string of the molecule is CCC1(CC)CC(NC(=O)C(C)(C)C(C)(C)N)CCO1. The summed E-state index contributed by atoms with van der Waals surface area (Å²) in [7, 11) is 0. The average molecular weight is 284 g/mol. The zero-order valence-corrected chi connectivity index (χ0v) is 14.0. The molecule has 0 radical (unpaired) electrons. The second-order valence-corrected chi connectivity index (χ2v) is 7.25. The fraction of sp³-hybridized carbons (Fsp3) is 0.938. The molecule has 0 aromatic carbocycles. The third kappa shape index (κ3) is 3.53. The van der Waals surface area contributed by atoms with Crippen molar-refractivity contribution in [2.45, 2.75) is 84.4 Å². The smallest absolute Gasteiger partial charge is 0.227 e. The normalized spacial score (nSPS) is 23.4. The van der Waals surface area contributed by atoms with Gasteiger partial charge in [-0.15, -0.1) is 0 Å². The molecular formula is C16H32N2O2. The molecule has 4 heteroatoms. The topological polar surface area (TPSA) is 64.4 Å². The number of ether oxygens (including phenoxy) is 1. The second-order valence-electron chi connectivity index (χ2n) is 7.25. The van der Waals surface area contributed by atoms with Crippen LogP contribution in [0.2, 0.25) is 0 Å².